The second-order valence-corrected chi connectivity index (χ2v) is 9.61. The minimum Gasteiger partial charge on any atom is -0.381 e. The van der Waals surface area contributed by atoms with E-state index in [1.807, 2.05) is 47.9 Å². The molecule has 4 rings (SSSR count). The number of hydrogen-bond donors (Lipinski definition) is 0. The number of nitriles is 1. The van der Waals surface area contributed by atoms with Crippen LogP contribution in [0.3, 0.4) is 0 Å². The van der Waals surface area contributed by atoms with Crippen LogP contribution in [0.5, 0.6) is 0 Å². The van der Waals surface area contributed by atoms with Crippen LogP contribution in [-0.4, -0.2) is 50.2 Å². The SMILES string of the molecule is CCOC[C@@]12CCN(c3ccc(C#N)c(C(F)(F)F)c3)C[C@@H]1CN(C(=O)Cc1ccccc1C)C2. The van der Waals surface area contributed by atoms with Crippen molar-refractivity contribution < 1.29 is 22.7 Å². The smallest absolute Gasteiger partial charge is 0.381 e. The first-order valence-corrected chi connectivity index (χ1v) is 11.9. The number of carbonyl (C=O) groups excluding carboxylic acids is 1. The highest BCUT2D eigenvalue weighted by Gasteiger charge is 2.51. The summed E-state index contributed by atoms with van der Waals surface area (Å²) in [6, 6.07) is 13.4. The third-order valence-electron chi connectivity index (χ3n) is 7.48. The lowest BCUT2D eigenvalue weighted by molar-refractivity contribution is -0.137. The van der Waals surface area contributed by atoms with Crippen molar-refractivity contribution in [2.24, 2.45) is 11.3 Å². The van der Waals surface area contributed by atoms with E-state index in [0.717, 1.165) is 17.2 Å². The minimum absolute atomic E-state index is 0.0638. The predicted molar refractivity (Wildman–Crippen MR) is 127 cm³/mol. The van der Waals surface area contributed by atoms with Crippen LogP contribution in [0.2, 0.25) is 0 Å². The van der Waals surface area contributed by atoms with E-state index in [9.17, 15) is 18.0 Å². The molecule has 2 aliphatic heterocycles. The Morgan fingerprint density at radius 1 is 1.23 bits per heavy atom. The Labute approximate surface area is 204 Å². The van der Waals surface area contributed by atoms with Crippen molar-refractivity contribution in [1.82, 2.24) is 4.90 Å². The molecule has 8 heteroatoms. The molecule has 2 atom stereocenters. The first kappa shape index (κ1) is 25.1. The van der Waals surface area contributed by atoms with Crippen molar-refractivity contribution in [3.8, 4) is 6.07 Å². The molecule has 0 saturated carbocycles. The van der Waals surface area contributed by atoms with Crippen LogP contribution in [0, 0.1) is 29.6 Å². The van der Waals surface area contributed by atoms with E-state index in [-0.39, 0.29) is 22.8 Å². The van der Waals surface area contributed by atoms with Crippen LogP contribution in [0.15, 0.2) is 42.5 Å². The van der Waals surface area contributed by atoms with Gasteiger partial charge < -0.3 is 14.5 Å². The molecule has 2 fully saturated rings. The average molecular weight is 486 g/mol. The molecule has 0 aliphatic carbocycles. The summed E-state index contributed by atoms with van der Waals surface area (Å²) in [7, 11) is 0. The van der Waals surface area contributed by atoms with Gasteiger partial charge in [0.05, 0.1) is 30.2 Å². The fourth-order valence-electron chi connectivity index (χ4n) is 5.39. The average Bonchev–Trinajstić information content (AvgIpc) is 3.22. The third kappa shape index (κ3) is 5.15. The molecule has 1 amide bonds. The maximum atomic E-state index is 13.5. The summed E-state index contributed by atoms with van der Waals surface area (Å²) in [6.07, 6.45) is -3.55. The summed E-state index contributed by atoms with van der Waals surface area (Å²) < 4.78 is 46.4. The Hall–Kier alpha value is -3.05. The Bertz CT molecular complexity index is 1130. The number of anilines is 1. The van der Waals surface area contributed by atoms with Crippen LogP contribution in [0.4, 0.5) is 18.9 Å². The molecule has 0 radical (unpaired) electrons. The Kier molecular flexibility index (Phi) is 7.09. The lowest BCUT2D eigenvalue weighted by atomic mass is 9.73. The van der Waals surface area contributed by atoms with Crippen LogP contribution >= 0.6 is 0 Å². The minimum atomic E-state index is -4.60. The number of rotatable bonds is 6. The summed E-state index contributed by atoms with van der Waals surface area (Å²) in [4.78, 5) is 17.1. The van der Waals surface area contributed by atoms with Gasteiger partial charge in [0.1, 0.15) is 0 Å². The van der Waals surface area contributed by atoms with Crippen molar-refractivity contribution in [2.75, 3.05) is 44.3 Å². The molecule has 2 aliphatic rings. The standard InChI is InChI=1S/C27H30F3N3O2/c1-3-35-18-26-10-11-32(23-9-8-21(14-31)24(13-23)27(28,29)30)15-22(26)16-33(17-26)25(34)12-20-7-5-4-6-19(20)2/h4-9,13,22H,3,10-12,15-18H2,1-2H3/t22-,26+/m1/s1. The molecule has 2 heterocycles. The highest BCUT2D eigenvalue weighted by molar-refractivity contribution is 5.79. The van der Waals surface area contributed by atoms with Crippen LogP contribution < -0.4 is 4.90 Å². The number of amides is 1. The van der Waals surface area contributed by atoms with Crippen LogP contribution in [-0.2, 0) is 22.1 Å². The quantitative estimate of drug-likeness (QED) is 0.589. The summed E-state index contributed by atoms with van der Waals surface area (Å²) in [5.41, 5.74) is 1.03. The number of carbonyl (C=O) groups is 1. The van der Waals surface area contributed by atoms with Gasteiger partial charge >= 0.3 is 6.18 Å². The normalized spacial score (nSPS) is 22.1. The lowest BCUT2D eigenvalue weighted by Gasteiger charge is -2.44. The van der Waals surface area contributed by atoms with Gasteiger partial charge in [-0.25, -0.2) is 0 Å². The van der Waals surface area contributed by atoms with Gasteiger partial charge in [0.15, 0.2) is 0 Å². The molecule has 35 heavy (non-hydrogen) atoms. The predicted octanol–water partition coefficient (Wildman–Crippen LogP) is 4.82. The summed E-state index contributed by atoms with van der Waals surface area (Å²) >= 11 is 0. The lowest BCUT2D eigenvalue weighted by Crippen LogP contribution is -2.49. The molecule has 0 unspecified atom stereocenters. The molecular formula is C27H30F3N3O2. The van der Waals surface area contributed by atoms with E-state index in [2.05, 4.69) is 0 Å². The molecule has 0 aromatic heterocycles. The van der Waals surface area contributed by atoms with Crippen molar-refractivity contribution in [2.45, 2.75) is 32.9 Å². The van der Waals surface area contributed by atoms with E-state index >= 15 is 0 Å². The summed E-state index contributed by atoms with van der Waals surface area (Å²) in [6.45, 7) is 7.27. The largest absolute Gasteiger partial charge is 0.417 e. The Morgan fingerprint density at radius 3 is 2.69 bits per heavy atom. The number of benzene rings is 2. The van der Waals surface area contributed by atoms with E-state index in [0.29, 0.717) is 57.9 Å². The molecule has 2 saturated heterocycles. The molecule has 5 nitrogen and oxygen atoms in total. The summed E-state index contributed by atoms with van der Waals surface area (Å²) in [5.74, 6) is 0.141. The number of alkyl halides is 3. The number of ether oxygens (including phenoxy) is 1. The maximum absolute atomic E-state index is 13.5. The molecule has 0 N–H and O–H groups in total. The van der Waals surface area contributed by atoms with E-state index < -0.39 is 11.7 Å². The van der Waals surface area contributed by atoms with Crippen molar-refractivity contribution in [3.63, 3.8) is 0 Å². The van der Waals surface area contributed by atoms with Gasteiger partial charge in [0.25, 0.3) is 0 Å². The van der Waals surface area contributed by atoms with Gasteiger partial charge in [-0.1, -0.05) is 24.3 Å². The highest BCUT2D eigenvalue weighted by atomic mass is 19.4. The zero-order valence-corrected chi connectivity index (χ0v) is 20.1. The number of nitrogens with zero attached hydrogens (tertiary/aromatic N) is 3. The monoisotopic (exact) mass is 485 g/mol. The first-order valence-electron chi connectivity index (χ1n) is 11.9. The number of aryl methyl sites for hydroxylation is 1. The zero-order valence-electron chi connectivity index (χ0n) is 20.1. The van der Waals surface area contributed by atoms with Gasteiger partial charge in [0.2, 0.25) is 5.91 Å². The number of likely N-dealkylation sites (tertiary alicyclic amines) is 1. The van der Waals surface area contributed by atoms with Gasteiger partial charge in [-0.3, -0.25) is 4.79 Å². The van der Waals surface area contributed by atoms with Gasteiger partial charge in [0, 0.05) is 49.8 Å². The van der Waals surface area contributed by atoms with Gasteiger partial charge in [-0.15, -0.1) is 0 Å². The second-order valence-electron chi connectivity index (χ2n) is 9.61. The highest BCUT2D eigenvalue weighted by Crippen LogP contribution is 2.45. The van der Waals surface area contributed by atoms with Gasteiger partial charge in [-0.05, 0) is 49.6 Å². The van der Waals surface area contributed by atoms with Gasteiger partial charge in [-0.2, -0.15) is 18.4 Å². The topological polar surface area (TPSA) is 56.6 Å². The Balaban J connectivity index is 1.55. The first-order chi connectivity index (χ1) is 16.7. The molecule has 0 spiro atoms. The molecule has 2 aromatic rings. The molecule has 2 aromatic carbocycles. The van der Waals surface area contributed by atoms with Crippen molar-refractivity contribution >= 4 is 11.6 Å². The maximum Gasteiger partial charge on any atom is 0.417 e. The number of hydrogen-bond acceptors (Lipinski definition) is 4. The van der Waals surface area contributed by atoms with Crippen molar-refractivity contribution in [3.05, 3.63) is 64.7 Å². The fourth-order valence-corrected chi connectivity index (χ4v) is 5.39. The van der Waals surface area contributed by atoms with E-state index in [1.165, 1.54) is 6.07 Å². The Morgan fingerprint density at radius 2 is 2.00 bits per heavy atom. The second kappa shape index (κ2) is 9.90. The van der Waals surface area contributed by atoms with Crippen molar-refractivity contribution in [1.29, 1.82) is 5.26 Å². The molecule has 0 bridgehead atoms. The third-order valence-corrected chi connectivity index (χ3v) is 7.48. The van der Waals surface area contributed by atoms with E-state index in [4.69, 9.17) is 10.00 Å². The fraction of sp³-hybridized carbons (Fsp3) is 0.481. The van der Waals surface area contributed by atoms with Crippen LogP contribution in [0.25, 0.3) is 0 Å². The molecule has 186 valence electrons. The zero-order chi connectivity index (χ0) is 25.2. The number of piperidine rings is 1. The number of halogens is 3. The number of fused-ring (bicyclic) bond motifs is 1. The molecular weight excluding hydrogens is 455 g/mol. The van der Waals surface area contributed by atoms with E-state index in [1.54, 1.807) is 12.1 Å². The van der Waals surface area contributed by atoms with Crippen LogP contribution in [0.1, 0.15) is 35.6 Å². The summed E-state index contributed by atoms with van der Waals surface area (Å²) in [5, 5.41) is 9.11.